The van der Waals surface area contributed by atoms with E-state index < -0.39 is 5.97 Å². The maximum absolute atomic E-state index is 11.9. The fourth-order valence-corrected chi connectivity index (χ4v) is 2.23. The number of hydrogen-bond donors (Lipinski definition) is 1. The third-order valence-electron chi connectivity index (χ3n) is 2.78. The van der Waals surface area contributed by atoms with Crippen LogP contribution in [0.1, 0.15) is 15.4 Å². The molecular formula is C14H12N4O2S. The molecule has 2 N–H and O–H groups in total. The van der Waals surface area contributed by atoms with Crippen molar-refractivity contribution in [3.63, 3.8) is 0 Å². The van der Waals surface area contributed by atoms with Gasteiger partial charge in [-0.05, 0) is 30.3 Å². The third-order valence-corrected chi connectivity index (χ3v) is 3.54. The highest BCUT2D eigenvalue weighted by molar-refractivity contribution is 7.09. The van der Waals surface area contributed by atoms with E-state index in [1.165, 1.54) is 11.3 Å². The number of anilines is 1. The first-order valence-electron chi connectivity index (χ1n) is 6.18. The van der Waals surface area contributed by atoms with Crippen LogP contribution in [0, 0.1) is 0 Å². The summed E-state index contributed by atoms with van der Waals surface area (Å²) in [6.45, 7) is 0.207. The lowest BCUT2D eigenvalue weighted by atomic mass is 10.3. The summed E-state index contributed by atoms with van der Waals surface area (Å²) in [5.41, 5.74) is 9.09. The number of hydrogen-bond acceptors (Lipinski definition) is 6. The Bertz CT molecular complexity index is 735. The minimum absolute atomic E-state index is 0.207. The highest BCUT2D eigenvalue weighted by Gasteiger charge is 2.12. The molecule has 0 saturated carbocycles. The quantitative estimate of drug-likeness (QED) is 0.590. The first-order chi connectivity index (χ1) is 10.2. The van der Waals surface area contributed by atoms with Crippen molar-refractivity contribution in [2.24, 2.45) is 0 Å². The minimum atomic E-state index is -0.461. The van der Waals surface area contributed by atoms with Crippen LogP contribution in [0.3, 0.4) is 0 Å². The fraction of sp³-hybridized carbons (Fsp3) is 0.0714. The van der Waals surface area contributed by atoms with Gasteiger partial charge in [-0.3, -0.25) is 4.98 Å². The third kappa shape index (κ3) is 3.09. The highest BCUT2D eigenvalue weighted by Crippen LogP contribution is 2.12. The average Bonchev–Trinajstić information content (AvgIpc) is 3.17. The lowest BCUT2D eigenvalue weighted by molar-refractivity contribution is 0.0469. The van der Waals surface area contributed by atoms with Gasteiger partial charge in [0.2, 0.25) is 0 Å². The standard InChI is InChI=1S/C14H12N4O2S/c15-10-1-3-11(4-2-10)18-6-5-13(17-18)14(19)20-8-12-7-16-9-21-12/h1-7,9H,8,15H2. The molecule has 0 fully saturated rings. The van der Waals surface area contributed by atoms with Crippen molar-refractivity contribution in [3.8, 4) is 5.69 Å². The molecule has 0 unspecified atom stereocenters. The maximum atomic E-state index is 11.9. The Balaban J connectivity index is 1.69. The van der Waals surface area contributed by atoms with Crippen LogP contribution in [0.2, 0.25) is 0 Å². The number of aromatic nitrogens is 3. The van der Waals surface area contributed by atoms with Gasteiger partial charge < -0.3 is 10.5 Å². The Labute approximate surface area is 124 Å². The van der Waals surface area contributed by atoms with Crippen molar-refractivity contribution >= 4 is 23.0 Å². The number of carbonyl (C=O) groups is 1. The molecule has 0 aliphatic rings. The van der Waals surface area contributed by atoms with Crippen LogP contribution >= 0.6 is 11.3 Å². The smallest absolute Gasteiger partial charge is 0.359 e. The van der Waals surface area contributed by atoms with E-state index in [1.54, 1.807) is 40.8 Å². The van der Waals surface area contributed by atoms with Gasteiger partial charge in [-0.2, -0.15) is 5.10 Å². The predicted octanol–water partition coefficient (Wildman–Crippen LogP) is 2.27. The Morgan fingerprint density at radius 1 is 1.29 bits per heavy atom. The van der Waals surface area contributed by atoms with Crippen LogP contribution in [0.15, 0.2) is 48.2 Å². The normalized spacial score (nSPS) is 10.5. The molecule has 0 radical (unpaired) electrons. The monoisotopic (exact) mass is 300 g/mol. The molecule has 0 aliphatic heterocycles. The number of ether oxygens (including phenoxy) is 1. The van der Waals surface area contributed by atoms with Crippen LogP contribution in [-0.4, -0.2) is 20.7 Å². The van der Waals surface area contributed by atoms with E-state index in [-0.39, 0.29) is 12.3 Å². The van der Waals surface area contributed by atoms with Gasteiger partial charge in [0.05, 0.1) is 16.1 Å². The van der Waals surface area contributed by atoms with Crippen molar-refractivity contribution in [2.75, 3.05) is 5.73 Å². The number of carbonyl (C=O) groups excluding carboxylic acids is 1. The average molecular weight is 300 g/mol. The van der Waals surface area contributed by atoms with Crippen LogP contribution < -0.4 is 5.73 Å². The lowest BCUT2D eigenvalue weighted by Gasteiger charge is -2.02. The predicted molar refractivity (Wildman–Crippen MR) is 79.2 cm³/mol. The van der Waals surface area contributed by atoms with E-state index in [9.17, 15) is 4.79 Å². The second-order valence-corrected chi connectivity index (χ2v) is 5.25. The Morgan fingerprint density at radius 2 is 2.10 bits per heavy atom. The number of nitrogens with two attached hydrogens (primary N) is 1. The summed E-state index contributed by atoms with van der Waals surface area (Å²) in [6.07, 6.45) is 3.37. The number of nitrogens with zero attached hydrogens (tertiary/aromatic N) is 3. The molecule has 7 heteroatoms. The first-order valence-corrected chi connectivity index (χ1v) is 7.06. The fourth-order valence-electron chi connectivity index (χ4n) is 1.73. The molecule has 3 aromatic rings. The second kappa shape index (κ2) is 5.76. The Hall–Kier alpha value is -2.67. The van der Waals surface area contributed by atoms with Gasteiger partial charge in [0, 0.05) is 18.1 Å². The summed E-state index contributed by atoms with van der Waals surface area (Å²) in [7, 11) is 0. The number of esters is 1. The van der Waals surface area contributed by atoms with Crippen LogP contribution in [0.4, 0.5) is 5.69 Å². The van der Waals surface area contributed by atoms with E-state index in [2.05, 4.69) is 10.1 Å². The molecule has 0 saturated heterocycles. The Morgan fingerprint density at radius 3 is 2.81 bits per heavy atom. The van der Waals surface area contributed by atoms with Gasteiger partial charge in [0.25, 0.3) is 0 Å². The van der Waals surface area contributed by atoms with E-state index in [0.29, 0.717) is 5.69 Å². The molecule has 0 bridgehead atoms. The molecule has 0 aliphatic carbocycles. The van der Waals surface area contributed by atoms with E-state index in [1.807, 2.05) is 12.1 Å². The Kier molecular flexibility index (Phi) is 3.65. The molecule has 6 nitrogen and oxygen atoms in total. The summed E-state index contributed by atoms with van der Waals surface area (Å²) in [4.78, 5) is 16.7. The summed E-state index contributed by atoms with van der Waals surface area (Å²) in [5, 5.41) is 4.20. The van der Waals surface area contributed by atoms with Crippen LogP contribution in [0.25, 0.3) is 5.69 Å². The van der Waals surface area contributed by atoms with Gasteiger partial charge in [-0.25, -0.2) is 9.48 Å². The van der Waals surface area contributed by atoms with E-state index in [0.717, 1.165) is 10.6 Å². The number of nitrogen functional groups attached to an aromatic ring is 1. The highest BCUT2D eigenvalue weighted by atomic mass is 32.1. The number of rotatable bonds is 4. The molecule has 3 rings (SSSR count). The molecule has 2 heterocycles. The van der Waals surface area contributed by atoms with Crippen molar-refractivity contribution in [1.82, 2.24) is 14.8 Å². The number of benzene rings is 1. The zero-order chi connectivity index (χ0) is 14.7. The van der Waals surface area contributed by atoms with Crippen LogP contribution in [0.5, 0.6) is 0 Å². The zero-order valence-corrected chi connectivity index (χ0v) is 11.8. The van der Waals surface area contributed by atoms with Crippen LogP contribution in [-0.2, 0) is 11.3 Å². The topological polar surface area (TPSA) is 83.0 Å². The maximum Gasteiger partial charge on any atom is 0.359 e. The van der Waals surface area contributed by atoms with Crippen molar-refractivity contribution in [1.29, 1.82) is 0 Å². The zero-order valence-electron chi connectivity index (χ0n) is 11.0. The molecule has 0 amide bonds. The second-order valence-electron chi connectivity index (χ2n) is 4.28. The summed E-state index contributed by atoms with van der Waals surface area (Å²) >= 11 is 1.44. The summed E-state index contributed by atoms with van der Waals surface area (Å²) < 4.78 is 6.78. The molecule has 21 heavy (non-hydrogen) atoms. The summed E-state index contributed by atoms with van der Waals surface area (Å²) in [5.74, 6) is -0.461. The first kappa shape index (κ1) is 13.3. The van der Waals surface area contributed by atoms with Gasteiger partial charge >= 0.3 is 5.97 Å². The molecule has 0 spiro atoms. The molecule has 2 aromatic heterocycles. The van der Waals surface area contributed by atoms with Crippen molar-refractivity contribution < 1.29 is 9.53 Å². The molecule has 106 valence electrons. The lowest BCUT2D eigenvalue weighted by Crippen LogP contribution is -2.06. The van der Waals surface area contributed by atoms with Crippen molar-refractivity contribution in [3.05, 3.63) is 58.8 Å². The van der Waals surface area contributed by atoms with Crippen molar-refractivity contribution in [2.45, 2.75) is 6.61 Å². The summed E-state index contributed by atoms with van der Waals surface area (Å²) in [6, 6.07) is 8.83. The van der Waals surface area contributed by atoms with E-state index in [4.69, 9.17) is 10.5 Å². The van der Waals surface area contributed by atoms with Gasteiger partial charge in [-0.1, -0.05) is 0 Å². The van der Waals surface area contributed by atoms with Gasteiger partial charge in [-0.15, -0.1) is 11.3 Å². The van der Waals surface area contributed by atoms with E-state index >= 15 is 0 Å². The minimum Gasteiger partial charge on any atom is -0.455 e. The van der Waals surface area contributed by atoms with Gasteiger partial charge in [0.1, 0.15) is 6.61 Å². The SMILES string of the molecule is Nc1ccc(-n2ccc(C(=O)OCc3cncs3)n2)cc1. The molecule has 0 atom stereocenters. The molecule has 1 aromatic carbocycles. The largest absolute Gasteiger partial charge is 0.455 e. The number of thiazole rings is 1. The van der Waals surface area contributed by atoms with Gasteiger partial charge in [0.15, 0.2) is 5.69 Å². The molecular weight excluding hydrogens is 288 g/mol.